The number of fused-ring (bicyclic) bond motifs is 1. The van der Waals surface area contributed by atoms with E-state index in [4.69, 9.17) is 14.2 Å². The Bertz CT molecular complexity index is 1450. The lowest BCUT2D eigenvalue weighted by atomic mass is 9.86. The summed E-state index contributed by atoms with van der Waals surface area (Å²) in [4.78, 5) is 13.2. The van der Waals surface area contributed by atoms with E-state index in [-0.39, 0.29) is 30.0 Å². The molecule has 0 aliphatic carbocycles. The van der Waals surface area contributed by atoms with Gasteiger partial charge in [-0.3, -0.25) is 9.10 Å². The summed E-state index contributed by atoms with van der Waals surface area (Å²) in [6.45, 7) is 10.5. The van der Waals surface area contributed by atoms with Crippen molar-refractivity contribution in [3.8, 4) is 17.2 Å². The number of carbonyl (C=O) groups excluding carboxylic acids is 1. The summed E-state index contributed by atoms with van der Waals surface area (Å²) >= 11 is 0. The van der Waals surface area contributed by atoms with Gasteiger partial charge >= 0.3 is 0 Å². The molecule has 0 fully saturated rings. The first kappa shape index (κ1) is 28.3. The van der Waals surface area contributed by atoms with Crippen molar-refractivity contribution in [1.82, 2.24) is 5.32 Å². The van der Waals surface area contributed by atoms with Gasteiger partial charge in [-0.1, -0.05) is 44.5 Å². The Morgan fingerprint density at radius 1 is 1.05 bits per heavy atom. The van der Waals surface area contributed by atoms with Gasteiger partial charge in [-0.15, -0.1) is 0 Å². The minimum absolute atomic E-state index is 0.0957. The van der Waals surface area contributed by atoms with E-state index in [0.717, 1.165) is 22.4 Å². The predicted octanol–water partition coefficient (Wildman–Crippen LogP) is 4.76. The molecule has 3 aromatic carbocycles. The molecule has 1 aliphatic heterocycles. The maximum Gasteiger partial charge on any atom is 0.264 e. The summed E-state index contributed by atoms with van der Waals surface area (Å²) in [5.41, 5.74) is 3.30. The van der Waals surface area contributed by atoms with Crippen molar-refractivity contribution in [2.45, 2.75) is 51.0 Å². The second kappa shape index (κ2) is 11.2. The van der Waals surface area contributed by atoms with Crippen molar-refractivity contribution in [2.24, 2.45) is 0 Å². The lowest BCUT2D eigenvalue weighted by Crippen LogP contribution is -2.51. The van der Waals surface area contributed by atoms with Gasteiger partial charge < -0.3 is 19.5 Å². The van der Waals surface area contributed by atoms with Crippen LogP contribution < -0.4 is 23.8 Å². The van der Waals surface area contributed by atoms with Gasteiger partial charge in [-0.2, -0.15) is 0 Å². The molecule has 0 radical (unpaired) electrons. The van der Waals surface area contributed by atoms with Crippen LogP contribution in [0.2, 0.25) is 0 Å². The summed E-state index contributed by atoms with van der Waals surface area (Å²) in [5.74, 6) is 1.22. The highest BCUT2D eigenvalue weighted by Crippen LogP contribution is 2.40. The molecule has 208 valence electrons. The largest absolute Gasteiger partial charge is 0.497 e. The van der Waals surface area contributed by atoms with E-state index in [1.54, 1.807) is 18.2 Å². The van der Waals surface area contributed by atoms with Crippen LogP contribution in [0.5, 0.6) is 17.2 Å². The van der Waals surface area contributed by atoms with Crippen molar-refractivity contribution in [2.75, 3.05) is 31.1 Å². The summed E-state index contributed by atoms with van der Waals surface area (Å²) in [5, 5.41) is 2.82. The topological polar surface area (TPSA) is 94.2 Å². The average molecular weight is 553 g/mol. The van der Waals surface area contributed by atoms with E-state index in [1.165, 1.54) is 23.5 Å². The zero-order valence-electron chi connectivity index (χ0n) is 23.3. The molecule has 39 heavy (non-hydrogen) atoms. The number of rotatable bonds is 8. The number of ether oxygens (including phenoxy) is 3. The smallest absolute Gasteiger partial charge is 0.264 e. The predicted molar refractivity (Wildman–Crippen MR) is 152 cm³/mol. The second-order valence-corrected chi connectivity index (χ2v) is 12.5. The van der Waals surface area contributed by atoms with Gasteiger partial charge in [0.1, 0.15) is 23.9 Å². The maximum atomic E-state index is 13.8. The number of nitrogens with zero attached hydrogens (tertiary/aromatic N) is 1. The molecule has 3 aromatic rings. The van der Waals surface area contributed by atoms with Crippen LogP contribution in [0.1, 0.15) is 37.5 Å². The molecule has 8 nitrogen and oxygen atoms in total. The molecule has 1 unspecified atom stereocenters. The third-order valence-electron chi connectivity index (χ3n) is 6.62. The van der Waals surface area contributed by atoms with Crippen molar-refractivity contribution < 1.29 is 27.4 Å². The third kappa shape index (κ3) is 6.30. The Kier molecular flexibility index (Phi) is 8.11. The first-order chi connectivity index (χ1) is 18.4. The highest BCUT2D eigenvalue weighted by Gasteiger charge is 2.38. The summed E-state index contributed by atoms with van der Waals surface area (Å²) < 4.78 is 45.9. The first-order valence-electron chi connectivity index (χ1n) is 12.9. The molecule has 0 saturated carbocycles. The monoisotopic (exact) mass is 552 g/mol. The lowest BCUT2D eigenvalue weighted by Gasteiger charge is -2.36. The average Bonchev–Trinajstić information content (AvgIpc) is 2.90. The number of sulfonamides is 1. The Labute approximate surface area is 230 Å². The number of carbonyl (C=O) groups is 1. The normalized spacial score (nSPS) is 15.2. The van der Waals surface area contributed by atoms with Gasteiger partial charge in [0, 0.05) is 0 Å². The van der Waals surface area contributed by atoms with Crippen LogP contribution in [-0.2, 0) is 20.2 Å². The number of aryl methyl sites for hydroxylation is 2. The van der Waals surface area contributed by atoms with Gasteiger partial charge in [0.25, 0.3) is 15.9 Å². The number of nitrogens with one attached hydrogen (secondary N) is 1. The zero-order valence-corrected chi connectivity index (χ0v) is 24.1. The van der Waals surface area contributed by atoms with Gasteiger partial charge in [-0.25, -0.2) is 8.42 Å². The van der Waals surface area contributed by atoms with Gasteiger partial charge in [-0.05, 0) is 72.9 Å². The third-order valence-corrected chi connectivity index (χ3v) is 8.42. The van der Waals surface area contributed by atoms with E-state index in [1.807, 2.05) is 44.2 Å². The fourth-order valence-electron chi connectivity index (χ4n) is 4.37. The highest BCUT2D eigenvalue weighted by atomic mass is 32.2. The molecule has 1 aliphatic rings. The molecular weight excluding hydrogens is 516 g/mol. The van der Waals surface area contributed by atoms with Gasteiger partial charge in [0.05, 0.1) is 30.8 Å². The summed E-state index contributed by atoms with van der Waals surface area (Å²) in [6, 6.07) is 17.5. The van der Waals surface area contributed by atoms with Crippen molar-refractivity contribution in [3.63, 3.8) is 0 Å². The number of methoxy groups -OCH3 is 1. The first-order valence-corrected chi connectivity index (χ1v) is 14.3. The van der Waals surface area contributed by atoms with Crippen molar-refractivity contribution in [3.05, 3.63) is 77.4 Å². The maximum absolute atomic E-state index is 13.8. The van der Waals surface area contributed by atoms with Crippen LogP contribution in [0, 0.1) is 13.8 Å². The highest BCUT2D eigenvalue weighted by molar-refractivity contribution is 7.92. The second-order valence-electron chi connectivity index (χ2n) is 10.7. The SMILES string of the molecule is COc1ccc(S(=O)(=O)N2CC(C(=O)NCCOc3ccc(C)cc3C)Oc3ccc(C(C)(C)C)cc32)cc1. The number of hydrogen-bond acceptors (Lipinski definition) is 6. The fraction of sp³-hybridized carbons (Fsp3) is 0.367. The quantitative estimate of drug-likeness (QED) is 0.405. The van der Waals surface area contributed by atoms with Gasteiger partial charge in [0.15, 0.2) is 6.10 Å². The number of anilines is 1. The number of amides is 1. The van der Waals surface area contributed by atoms with Gasteiger partial charge in [0.2, 0.25) is 0 Å². The lowest BCUT2D eigenvalue weighted by molar-refractivity contribution is -0.127. The summed E-state index contributed by atoms with van der Waals surface area (Å²) in [6.07, 6.45) is -1.04. The van der Waals surface area contributed by atoms with E-state index < -0.39 is 22.0 Å². The number of hydrogen-bond donors (Lipinski definition) is 1. The van der Waals surface area contributed by atoms with Crippen molar-refractivity contribution in [1.29, 1.82) is 0 Å². The Morgan fingerprint density at radius 2 is 1.77 bits per heavy atom. The van der Waals surface area contributed by atoms with Crippen LogP contribution in [-0.4, -0.2) is 47.2 Å². The number of benzene rings is 3. The molecule has 4 rings (SSSR count). The standard InChI is InChI=1S/C30H36N2O6S/c1-20-7-13-26(21(2)17-20)37-16-15-31-29(33)28-19-32(39(34,35)24-11-9-23(36-6)10-12-24)25-18-22(30(3,4)5)8-14-27(25)38-28/h7-14,17-18,28H,15-16,19H2,1-6H3,(H,31,33). The van der Waals surface area contributed by atoms with Crippen LogP contribution >= 0.6 is 0 Å². The van der Waals surface area contributed by atoms with E-state index >= 15 is 0 Å². The Morgan fingerprint density at radius 3 is 2.41 bits per heavy atom. The fourth-order valence-corrected chi connectivity index (χ4v) is 5.84. The van der Waals surface area contributed by atoms with Crippen LogP contribution in [0.4, 0.5) is 5.69 Å². The molecule has 1 heterocycles. The molecule has 0 saturated heterocycles. The minimum atomic E-state index is -4.01. The molecule has 0 aromatic heterocycles. The van der Waals surface area contributed by atoms with Crippen molar-refractivity contribution >= 4 is 21.6 Å². The molecule has 1 amide bonds. The van der Waals surface area contributed by atoms with E-state index in [2.05, 4.69) is 26.1 Å². The zero-order chi connectivity index (χ0) is 28.4. The molecule has 0 bridgehead atoms. The molecule has 0 spiro atoms. The van der Waals surface area contributed by atoms with Crippen LogP contribution in [0.25, 0.3) is 0 Å². The molecule has 9 heteroatoms. The van der Waals surface area contributed by atoms with E-state index in [0.29, 0.717) is 17.2 Å². The molecule has 1 N–H and O–H groups in total. The summed E-state index contributed by atoms with van der Waals surface area (Å²) in [7, 11) is -2.49. The molecular formula is C30H36N2O6S. The van der Waals surface area contributed by atoms with Crippen LogP contribution in [0.3, 0.4) is 0 Å². The molecule has 1 atom stereocenters. The Hall–Kier alpha value is -3.72. The van der Waals surface area contributed by atoms with Crippen LogP contribution in [0.15, 0.2) is 65.6 Å². The minimum Gasteiger partial charge on any atom is -0.497 e. The Balaban J connectivity index is 1.55. The van der Waals surface area contributed by atoms with E-state index in [9.17, 15) is 13.2 Å².